The number of urea groups is 1. The van der Waals surface area contributed by atoms with E-state index in [-0.39, 0.29) is 5.84 Å². The number of fused-ring (bicyclic) bond motifs is 1. The molecule has 2 aliphatic rings. The minimum Gasteiger partial charge on any atom is -0.497 e. The molecule has 1 aromatic rings. The van der Waals surface area contributed by atoms with Gasteiger partial charge in [0.1, 0.15) is 17.7 Å². The number of carbonyl (C=O) groups is 3. The van der Waals surface area contributed by atoms with E-state index in [2.05, 4.69) is 10.3 Å². The lowest BCUT2D eigenvalue weighted by Crippen LogP contribution is -2.56. The fourth-order valence-corrected chi connectivity index (χ4v) is 2.99. The average Bonchev–Trinajstić information content (AvgIpc) is 2.70. The molecule has 0 aliphatic carbocycles. The van der Waals surface area contributed by atoms with Crippen molar-refractivity contribution in [1.29, 1.82) is 0 Å². The highest BCUT2D eigenvalue weighted by atomic mass is 16.5. The lowest BCUT2D eigenvalue weighted by atomic mass is 9.99. The molecule has 0 saturated heterocycles. The zero-order chi connectivity index (χ0) is 20.3. The molecule has 146 valence electrons. The third kappa shape index (κ3) is 3.64. The van der Waals surface area contributed by atoms with E-state index < -0.39 is 30.3 Å². The second-order valence-electron chi connectivity index (χ2n) is 6.11. The van der Waals surface area contributed by atoms with E-state index in [4.69, 9.17) is 9.47 Å². The molecule has 0 saturated carbocycles. The molecule has 1 N–H and O–H groups in total. The number of hydrogen-bond acceptors (Lipinski definition) is 6. The van der Waals surface area contributed by atoms with Crippen LogP contribution in [-0.4, -0.2) is 66.7 Å². The Morgan fingerprint density at radius 3 is 2.64 bits per heavy atom. The van der Waals surface area contributed by atoms with Crippen LogP contribution in [0.4, 0.5) is 10.5 Å². The van der Waals surface area contributed by atoms with Gasteiger partial charge in [0.15, 0.2) is 12.5 Å². The quantitative estimate of drug-likeness (QED) is 0.743. The van der Waals surface area contributed by atoms with Crippen LogP contribution in [0.5, 0.6) is 5.75 Å². The number of methoxy groups -OCH3 is 1. The van der Waals surface area contributed by atoms with Gasteiger partial charge in [0, 0.05) is 11.8 Å². The van der Waals surface area contributed by atoms with Gasteiger partial charge in [-0.3, -0.25) is 9.59 Å². The smallest absolute Gasteiger partial charge is 0.446 e. The number of amides is 4. The number of anilines is 1. The van der Waals surface area contributed by atoms with Crippen molar-refractivity contribution in [3.8, 4) is 5.75 Å². The Labute approximate surface area is 161 Å². The van der Waals surface area contributed by atoms with Crippen LogP contribution in [0.25, 0.3) is 0 Å². The van der Waals surface area contributed by atoms with Crippen LogP contribution in [0.1, 0.15) is 6.92 Å². The molecule has 28 heavy (non-hydrogen) atoms. The second kappa shape index (κ2) is 8.03. The first-order valence-electron chi connectivity index (χ1n) is 8.73. The molecule has 0 bridgehead atoms. The molecule has 2 aliphatic heterocycles. The Morgan fingerprint density at radius 2 is 2.00 bits per heavy atom. The molecular weight excluding hydrogens is 364 g/mol. The normalized spacial score (nSPS) is 18.6. The number of ether oxygens (including phenoxy) is 2. The Balaban J connectivity index is 1.78. The molecule has 1 unspecified atom stereocenters. The number of nitrogens with one attached hydrogen (secondary N) is 1. The van der Waals surface area contributed by atoms with Gasteiger partial charge in [-0.15, -0.1) is 4.99 Å². The van der Waals surface area contributed by atoms with Gasteiger partial charge < -0.3 is 14.8 Å². The maximum atomic E-state index is 12.9. The number of imide groups is 1. The lowest BCUT2D eigenvalue weighted by Gasteiger charge is -2.28. The molecule has 4 amide bonds. The van der Waals surface area contributed by atoms with Crippen LogP contribution in [0, 0.1) is 5.92 Å². The maximum absolute atomic E-state index is 12.9. The number of aliphatic imine (C=N–C) groups is 1. The van der Waals surface area contributed by atoms with Crippen LogP contribution < -0.4 is 10.1 Å². The van der Waals surface area contributed by atoms with Crippen molar-refractivity contribution in [2.45, 2.75) is 6.92 Å². The van der Waals surface area contributed by atoms with Crippen LogP contribution in [0.15, 0.2) is 41.1 Å². The molecule has 2 heterocycles. The van der Waals surface area contributed by atoms with Gasteiger partial charge in [0.05, 0.1) is 20.8 Å². The molecule has 0 radical (unpaired) electrons. The highest BCUT2D eigenvalue weighted by Crippen LogP contribution is 2.25. The summed E-state index contributed by atoms with van der Waals surface area (Å²) < 4.78 is 11.9. The molecule has 3 rings (SSSR count). The SMILES string of the molecule is CCOC1=CC=NC2=[N+](C)C(=O)N(CC(=O)Nc3ccc(OC)cc3)C(=O)C12. The van der Waals surface area contributed by atoms with Gasteiger partial charge in [0.25, 0.3) is 11.7 Å². The van der Waals surface area contributed by atoms with E-state index in [1.165, 1.54) is 17.8 Å². The minimum absolute atomic E-state index is 0.285. The van der Waals surface area contributed by atoms with Gasteiger partial charge in [-0.05, 0) is 31.2 Å². The van der Waals surface area contributed by atoms with Crippen LogP contribution in [-0.2, 0) is 14.3 Å². The van der Waals surface area contributed by atoms with Crippen LogP contribution in [0.2, 0.25) is 0 Å². The predicted molar refractivity (Wildman–Crippen MR) is 102 cm³/mol. The van der Waals surface area contributed by atoms with Gasteiger partial charge in [0.2, 0.25) is 0 Å². The van der Waals surface area contributed by atoms with Gasteiger partial charge in [-0.2, -0.15) is 9.48 Å². The number of dihydropyridines is 1. The zero-order valence-corrected chi connectivity index (χ0v) is 15.8. The summed E-state index contributed by atoms with van der Waals surface area (Å²) in [6, 6.07) is 6.11. The van der Waals surface area contributed by atoms with Crippen molar-refractivity contribution in [2.75, 3.05) is 32.6 Å². The molecule has 9 heteroatoms. The summed E-state index contributed by atoms with van der Waals surface area (Å²) in [7, 11) is 3.06. The predicted octanol–water partition coefficient (Wildman–Crippen LogP) is 1.26. The van der Waals surface area contributed by atoms with E-state index in [1.54, 1.807) is 44.4 Å². The van der Waals surface area contributed by atoms with E-state index >= 15 is 0 Å². The lowest BCUT2D eigenvalue weighted by molar-refractivity contribution is -0.408. The summed E-state index contributed by atoms with van der Waals surface area (Å²) >= 11 is 0. The average molecular weight is 385 g/mol. The first kappa shape index (κ1) is 19.3. The van der Waals surface area contributed by atoms with Crippen molar-refractivity contribution in [3.63, 3.8) is 0 Å². The van der Waals surface area contributed by atoms with Crippen molar-refractivity contribution in [2.24, 2.45) is 10.9 Å². The number of hydrogen-bond donors (Lipinski definition) is 1. The van der Waals surface area contributed by atoms with Crippen molar-refractivity contribution >= 4 is 35.6 Å². The molecular formula is C19H21N4O5+. The summed E-state index contributed by atoms with van der Waals surface area (Å²) in [5.41, 5.74) is 0.528. The van der Waals surface area contributed by atoms with Gasteiger partial charge >= 0.3 is 11.9 Å². The largest absolute Gasteiger partial charge is 0.497 e. The van der Waals surface area contributed by atoms with Crippen molar-refractivity contribution in [3.05, 3.63) is 36.1 Å². The third-order valence-electron chi connectivity index (χ3n) is 4.35. The minimum atomic E-state index is -0.846. The molecule has 1 atom stereocenters. The summed E-state index contributed by atoms with van der Waals surface area (Å²) in [5, 5.41) is 2.66. The Bertz CT molecular complexity index is 901. The summed E-state index contributed by atoms with van der Waals surface area (Å²) in [6.45, 7) is 1.75. The van der Waals surface area contributed by atoms with E-state index in [0.29, 0.717) is 23.8 Å². The summed E-state index contributed by atoms with van der Waals surface area (Å²) in [5.74, 6) is -0.548. The standard InChI is InChI=1S/C19H20N4O5/c1-4-28-14-9-10-20-17-16(14)18(25)23(19(26)22(17)2)11-15(24)21-12-5-7-13(27-3)8-6-12/h5-10,16H,4,11H2,1-3H3/p+1. The molecule has 1 aromatic carbocycles. The van der Waals surface area contributed by atoms with Crippen molar-refractivity contribution < 1.29 is 28.4 Å². The topological polar surface area (TPSA) is 100 Å². The first-order chi connectivity index (χ1) is 13.5. The highest BCUT2D eigenvalue weighted by Gasteiger charge is 2.50. The van der Waals surface area contributed by atoms with E-state index in [9.17, 15) is 14.4 Å². The molecule has 0 spiro atoms. The van der Waals surface area contributed by atoms with Crippen molar-refractivity contribution in [1.82, 2.24) is 4.90 Å². The second-order valence-corrected chi connectivity index (χ2v) is 6.11. The first-order valence-corrected chi connectivity index (χ1v) is 8.73. The summed E-state index contributed by atoms with van der Waals surface area (Å²) in [6.07, 6.45) is 3.08. The number of nitrogens with zero attached hydrogens (tertiary/aromatic N) is 3. The van der Waals surface area contributed by atoms with Crippen LogP contribution >= 0.6 is 0 Å². The number of amidine groups is 1. The van der Waals surface area contributed by atoms with E-state index in [0.717, 1.165) is 4.90 Å². The fraction of sp³-hybridized carbons (Fsp3) is 0.316. The van der Waals surface area contributed by atoms with Gasteiger partial charge in [-0.25, -0.2) is 4.79 Å². The van der Waals surface area contributed by atoms with Crippen LogP contribution in [0.3, 0.4) is 0 Å². The number of rotatable bonds is 6. The van der Waals surface area contributed by atoms with Gasteiger partial charge in [-0.1, -0.05) is 0 Å². The van der Waals surface area contributed by atoms with E-state index in [1.807, 2.05) is 0 Å². The third-order valence-corrected chi connectivity index (χ3v) is 4.35. The Morgan fingerprint density at radius 1 is 1.29 bits per heavy atom. The Kier molecular flexibility index (Phi) is 5.53. The fourth-order valence-electron chi connectivity index (χ4n) is 2.99. The maximum Gasteiger partial charge on any atom is 0.446 e. The number of carbonyl (C=O) groups excluding carboxylic acids is 3. The molecule has 9 nitrogen and oxygen atoms in total. The number of allylic oxidation sites excluding steroid dienone is 1. The molecule has 0 fully saturated rings. The molecule has 0 aromatic heterocycles. The monoisotopic (exact) mass is 385 g/mol. The zero-order valence-electron chi connectivity index (χ0n) is 15.8. The summed E-state index contributed by atoms with van der Waals surface area (Å²) in [4.78, 5) is 43.0. The number of benzene rings is 1. The Hall–Kier alpha value is -3.49. The highest BCUT2D eigenvalue weighted by molar-refractivity contribution is 6.16.